The number of carbonyl (C=O) groups excluding carboxylic acids is 1. The van der Waals surface area contributed by atoms with Crippen molar-refractivity contribution in [2.75, 3.05) is 44.5 Å². The number of nitrogens with zero attached hydrogens (tertiary/aromatic N) is 4. The highest BCUT2D eigenvalue weighted by Crippen LogP contribution is 2.35. The Kier molecular flexibility index (Phi) is 5.54. The Morgan fingerprint density at radius 2 is 1.69 bits per heavy atom. The summed E-state index contributed by atoms with van der Waals surface area (Å²) in [4.78, 5) is 16.8. The molecule has 0 radical (unpaired) electrons. The van der Waals surface area contributed by atoms with Crippen molar-refractivity contribution >= 4 is 22.5 Å². The summed E-state index contributed by atoms with van der Waals surface area (Å²) < 4.78 is 16.7. The predicted octanol–water partition coefficient (Wildman–Crippen LogP) is 3.75. The summed E-state index contributed by atoms with van der Waals surface area (Å²) in [6, 6.07) is 23.6. The van der Waals surface area contributed by atoms with Gasteiger partial charge in [-0.1, -0.05) is 36.4 Å². The summed E-state index contributed by atoms with van der Waals surface area (Å²) in [5, 5.41) is 10.9. The monoisotopic (exact) mass is 468 g/mol. The smallest absolute Gasteiger partial charge is 0.260 e. The Morgan fingerprint density at radius 1 is 0.857 bits per heavy atom. The highest BCUT2D eigenvalue weighted by atomic mass is 16.7. The highest BCUT2D eigenvalue weighted by Gasteiger charge is 2.23. The van der Waals surface area contributed by atoms with E-state index in [0.717, 1.165) is 45.1 Å². The molecule has 1 amide bonds. The van der Waals surface area contributed by atoms with Crippen LogP contribution in [-0.4, -0.2) is 60.6 Å². The number of aromatic nitrogens is 2. The number of ether oxygens (including phenoxy) is 3. The van der Waals surface area contributed by atoms with Gasteiger partial charge in [0.1, 0.15) is 5.75 Å². The highest BCUT2D eigenvalue weighted by molar-refractivity contribution is 5.88. The van der Waals surface area contributed by atoms with E-state index in [1.54, 1.807) is 0 Å². The molecule has 0 aliphatic carbocycles. The molecular formula is C27H24N4O4. The Hall–Kier alpha value is -4.33. The van der Waals surface area contributed by atoms with Gasteiger partial charge in [-0.3, -0.25) is 4.79 Å². The van der Waals surface area contributed by atoms with Crippen LogP contribution in [0.2, 0.25) is 0 Å². The van der Waals surface area contributed by atoms with Crippen LogP contribution in [0.1, 0.15) is 0 Å². The summed E-state index contributed by atoms with van der Waals surface area (Å²) in [6.07, 6.45) is 0. The zero-order valence-electron chi connectivity index (χ0n) is 19.1. The second-order valence-electron chi connectivity index (χ2n) is 8.48. The lowest BCUT2D eigenvalue weighted by molar-refractivity contribution is -0.133. The maximum absolute atomic E-state index is 12.8. The molecule has 176 valence electrons. The zero-order valence-corrected chi connectivity index (χ0v) is 19.1. The number of hydrogen-bond donors (Lipinski definition) is 0. The van der Waals surface area contributed by atoms with Crippen LogP contribution < -0.4 is 19.1 Å². The number of anilines is 1. The Bertz CT molecular complexity index is 1360. The maximum Gasteiger partial charge on any atom is 0.260 e. The summed E-state index contributed by atoms with van der Waals surface area (Å²) >= 11 is 0. The molecule has 0 bridgehead atoms. The number of rotatable bonds is 5. The van der Waals surface area contributed by atoms with Crippen molar-refractivity contribution in [2.45, 2.75) is 0 Å². The first kappa shape index (κ1) is 21.2. The van der Waals surface area contributed by atoms with E-state index in [2.05, 4.69) is 15.1 Å². The lowest BCUT2D eigenvalue weighted by Crippen LogP contribution is -2.50. The third kappa shape index (κ3) is 4.30. The van der Waals surface area contributed by atoms with E-state index in [1.807, 2.05) is 77.7 Å². The normalized spacial score (nSPS) is 14.9. The van der Waals surface area contributed by atoms with Crippen molar-refractivity contribution in [3.05, 3.63) is 72.8 Å². The quantitative estimate of drug-likeness (QED) is 0.441. The fourth-order valence-electron chi connectivity index (χ4n) is 4.44. The van der Waals surface area contributed by atoms with E-state index in [-0.39, 0.29) is 19.3 Å². The molecule has 0 spiro atoms. The first-order valence-electron chi connectivity index (χ1n) is 11.6. The van der Waals surface area contributed by atoms with Gasteiger partial charge < -0.3 is 24.0 Å². The first-order valence-corrected chi connectivity index (χ1v) is 11.6. The van der Waals surface area contributed by atoms with E-state index in [9.17, 15) is 4.79 Å². The standard InChI is InChI=1S/C27H24N4O4/c32-27(17-33-23-7-3-5-19-4-1-2-6-21(19)23)31-14-12-30(13-15-31)26-11-9-22(28-29-26)20-8-10-24-25(16-20)35-18-34-24/h1-11,16H,12-15,17-18H2. The number of fused-ring (bicyclic) bond motifs is 2. The van der Waals surface area contributed by atoms with E-state index in [4.69, 9.17) is 14.2 Å². The van der Waals surface area contributed by atoms with Gasteiger partial charge >= 0.3 is 0 Å². The fourth-order valence-corrected chi connectivity index (χ4v) is 4.44. The average Bonchev–Trinajstić information content (AvgIpc) is 3.40. The van der Waals surface area contributed by atoms with Crippen LogP contribution in [0.4, 0.5) is 5.82 Å². The van der Waals surface area contributed by atoms with Crippen LogP contribution in [0.5, 0.6) is 17.2 Å². The molecule has 1 saturated heterocycles. The molecule has 2 aliphatic heterocycles. The van der Waals surface area contributed by atoms with E-state index in [1.165, 1.54) is 0 Å². The van der Waals surface area contributed by atoms with E-state index in [0.29, 0.717) is 26.2 Å². The average molecular weight is 469 g/mol. The lowest BCUT2D eigenvalue weighted by atomic mass is 10.1. The minimum Gasteiger partial charge on any atom is -0.483 e. The van der Waals surface area contributed by atoms with Crippen molar-refractivity contribution in [3.63, 3.8) is 0 Å². The van der Waals surface area contributed by atoms with Gasteiger partial charge in [0, 0.05) is 37.1 Å². The third-order valence-corrected chi connectivity index (χ3v) is 6.38. The topological polar surface area (TPSA) is 77.0 Å². The lowest BCUT2D eigenvalue weighted by Gasteiger charge is -2.35. The van der Waals surface area contributed by atoms with Gasteiger partial charge in [-0.2, -0.15) is 0 Å². The molecule has 3 heterocycles. The number of piperazine rings is 1. The van der Waals surface area contributed by atoms with Crippen LogP contribution in [0.3, 0.4) is 0 Å². The van der Waals surface area contributed by atoms with E-state index >= 15 is 0 Å². The fraction of sp³-hybridized carbons (Fsp3) is 0.222. The molecule has 8 heteroatoms. The molecule has 3 aromatic carbocycles. The van der Waals surface area contributed by atoms with Gasteiger partial charge in [0.25, 0.3) is 5.91 Å². The molecule has 0 atom stereocenters. The number of amides is 1. The SMILES string of the molecule is O=C(COc1cccc2ccccc12)N1CCN(c2ccc(-c3ccc4c(c3)OCO4)nn2)CC1. The summed E-state index contributed by atoms with van der Waals surface area (Å²) in [5.74, 6) is 2.98. The molecule has 1 aromatic heterocycles. The molecule has 4 aromatic rings. The van der Waals surface area contributed by atoms with Gasteiger partial charge in [-0.05, 0) is 41.8 Å². The zero-order chi connectivity index (χ0) is 23.6. The van der Waals surface area contributed by atoms with Gasteiger partial charge in [0.15, 0.2) is 23.9 Å². The molecule has 6 rings (SSSR count). The van der Waals surface area contributed by atoms with Gasteiger partial charge in [0.2, 0.25) is 6.79 Å². The molecule has 8 nitrogen and oxygen atoms in total. The molecule has 35 heavy (non-hydrogen) atoms. The number of benzene rings is 3. The van der Waals surface area contributed by atoms with Crippen molar-refractivity contribution in [1.29, 1.82) is 0 Å². The van der Waals surface area contributed by atoms with Crippen LogP contribution in [0.15, 0.2) is 72.8 Å². The van der Waals surface area contributed by atoms with Gasteiger partial charge in [-0.25, -0.2) is 0 Å². The number of hydrogen-bond acceptors (Lipinski definition) is 7. The molecular weight excluding hydrogens is 444 g/mol. The summed E-state index contributed by atoms with van der Waals surface area (Å²) in [7, 11) is 0. The molecule has 2 aliphatic rings. The largest absolute Gasteiger partial charge is 0.483 e. The molecule has 0 N–H and O–H groups in total. The Labute approximate surface area is 202 Å². The van der Waals surface area contributed by atoms with Crippen molar-refractivity contribution in [2.24, 2.45) is 0 Å². The first-order chi connectivity index (χ1) is 17.2. The second-order valence-corrected chi connectivity index (χ2v) is 8.48. The molecule has 0 unspecified atom stereocenters. The third-order valence-electron chi connectivity index (χ3n) is 6.38. The van der Waals surface area contributed by atoms with E-state index < -0.39 is 0 Å². The maximum atomic E-state index is 12.8. The predicted molar refractivity (Wildman–Crippen MR) is 132 cm³/mol. The van der Waals surface area contributed by atoms with Crippen LogP contribution >= 0.6 is 0 Å². The Morgan fingerprint density at radius 3 is 2.54 bits per heavy atom. The van der Waals surface area contributed by atoms with Gasteiger partial charge in [0.05, 0.1) is 5.69 Å². The van der Waals surface area contributed by atoms with Crippen molar-refractivity contribution < 1.29 is 19.0 Å². The van der Waals surface area contributed by atoms with Crippen LogP contribution in [0.25, 0.3) is 22.0 Å². The minimum absolute atomic E-state index is 0.0122. The van der Waals surface area contributed by atoms with Crippen LogP contribution in [-0.2, 0) is 4.79 Å². The molecule has 1 fully saturated rings. The van der Waals surface area contributed by atoms with Crippen molar-refractivity contribution in [1.82, 2.24) is 15.1 Å². The molecule has 0 saturated carbocycles. The van der Waals surface area contributed by atoms with Gasteiger partial charge in [-0.15, -0.1) is 10.2 Å². The Balaban J connectivity index is 1.04. The second kappa shape index (κ2) is 9.13. The minimum atomic E-state index is -0.0122. The summed E-state index contributed by atoms with van der Waals surface area (Å²) in [6.45, 7) is 2.88. The number of carbonyl (C=O) groups is 1. The summed E-state index contributed by atoms with van der Waals surface area (Å²) in [5.41, 5.74) is 1.70. The van der Waals surface area contributed by atoms with Crippen molar-refractivity contribution in [3.8, 4) is 28.5 Å². The van der Waals surface area contributed by atoms with Crippen LogP contribution in [0, 0.1) is 0 Å².